The summed E-state index contributed by atoms with van der Waals surface area (Å²) in [6, 6.07) is 11.3. The largest absolute Gasteiger partial charge is 0.490 e. The van der Waals surface area contributed by atoms with Crippen LogP contribution in [0.1, 0.15) is 63.3 Å². The molecule has 8 nitrogen and oxygen atoms in total. The zero-order valence-corrected chi connectivity index (χ0v) is 23.9. The van der Waals surface area contributed by atoms with Gasteiger partial charge in [0.25, 0.3) is 5.91 Å². The minimum atomic E-state index is -0.500. The molecular weight excluding hydrogens is 498 g/mol. The molecule has 3 aromatic rings. The standard InChI is InChI=1S/C29H37N5O3S/c1-7-14-37-23-13-11-21(17-24(23)36-9-3)26-25(27(35)31-22-12-10-18(4)16-19(22)5)20(6)30-28-32-29(33-34(26)28)38-15-8-2/h10-13,16-17,26H,7-9,14-15H2,1-6H3,(H,31,35)(H,30,32,33). The van der Waals surface area contributed by atoms with Crippen molar-refractivity contribution in [2.75, 3.05) is 29.6 Å². The Kier molecular flexibility index (Phi) is 8.99. The van der Waals surface area contributed by atoms with Crippen molar-refractivity contribution in [1.82, 2.24) is 14.8 Å². The summed E-state index contributed by atoms with van der Waals surface area (Å²) < 4.78 is 13.7. The molecule has 0 aliphatic carbocycles. The fraction of sp³-hybridized carbons (Fsp3) is 0.414. The van der Waals surface area contributed by atoms with Gasteiger partial charge >= 0.3 is 0 Å². The summed E-state index contributed by atoms with van der Waals surface area (Å²) in [5.41, 5.74) is 5.09. The molecular formula is C29H37N5O3S. The van der Waals surface area contributed by atoms with Crippen molar-refractivity contribution < 1.29 is 14.3 Å². The van der Waals surface area contributed by atoms with Crippen molar-refractivity contribution in [1.29, 1.82) is 0 Å². The number of allylic oxidation sites excluding steroid dienone is 1. The molecule has 1 atom stereocenters. The minimum absolute atomic E-state index is 0.194. The topological polar surface area (TPSA) is 90.3 Å². The average Bonchev–Trinajstić information content (AvgIpc) is 3.29. The fourth-order valence-corrected chi connectivity index (χ4v) is 5.11. The Labute approximate surface area is 229 Å². The molecule has 0 spiro atoms. The van der Waals surface area contributed by atoms with Gasteiger partial charge in [-0.25, -0.2) is 4.68 Å². The van der Waals surface area contributed by atoms with Gasteiger partial charge in [0.05, 0.1) is 18.8 Å². The molecule has 2 aromatic carbocycles. The molecule has 2 heterocycles. The summed E-state index contributed by atoms with van der Waals surface area (Å²) in [7, 11) is 0. The van der Waals surface area contributed by atoms with Crippen LogP contribution in [0, 0.1) is 13.8 Å². The van der Waals surface area contributed by atoms with Gasteiger partial charge < -0.3 is 20.1 Å². The second-order valence-electron chi connectivity index (χ2n) is 9.34. The summed E-state index contributed by atoms with van der Waals surface area (Å²) in [4.78, 5) is 18.6. The second-order valence-corrected chi connectivity index (χ2v) is 10.4. The molecule has 1 aliphatic heterocycles. The van der Waals surface area contributed by atoms with E-state index in [-0.39, 0.29) is 5.91 Å². The fourth-order valence-electron chi connectivity index (χ4n) is 4.43. The first-order valence-electron chi connectivity index (χ1n) is 13.2. The Morgan fingerprint density at radius 1 is 1.05 bits per heavy atom. The van der Waals surface area contributed by atoms with E-state index in [1.54, 1.807) is 16.4 Å². The summed E-state index contributed by atoms with van der Waals surface area (Å²) in [6.45, 7) is 13.2. The summed E-state index contributed by atoms with van der Waals surface area (Å²) in [6.07, 6.45) is 1.91. The summed E-state index contributed by atoms with van der Waals surface area (Å²) in [5.74, 6) is 2.66. The predicted molar refractivity (Wildman–Crippen MR) is 153 cm³/mol. The third-order valence-corrected chi connectivity index (χ3v) is 7.23. The van der Waals surface area contributed by atoms with Gasteiger partial charge in [0.15, 0.2) is 11.5 Å². The van der Waals surface area contributed by atoms with Gasteiger partial charge in [0.1, 0.15) is 6.04 Å². The number of rotatable bonds is 11. The van der Waals surface area contributed by atoms with Gasteiger partial charge in [-0.05, 0) is 69.9 Å². The van der Waals surface area contributed by atoms with E-state index in [2.05, 4.69) is 30.5 Å². The maximum absolute atomic E-state index is 13.9. The number of nitrogens with zero attached hydrogens (tertiary/aromatic N) is 3. The van der Waals surface area contributed by atoms with E-state index < -0.39 is 6.04 Å². The van der Waals surface area contributed by atoms with Gasteiger partial charge in [-0.3, -0.25) is 4.79 Å². The smallest absolute Gasteiger partial charge is 0.255 e. The number of benzene rings is 2. The van der Waals surface area contributed by atoms with Gasteiger partial charge in [0, 0.05) is 17.1 Å². The van der Waals surface area contributed by atoms with Crippen molar-refractivity contribution >= 4 is 29.3 Å². The highest BCUT2D eigenvalue weighted by Gasteiger charge is 2.35. The molecule has 9 heteroatoms. The van der Waals surface area contributed by atoms with Gasteiger partial charge in [-0.1, -0.05) is 49.4 Å². The third-order valence-electron chi connectivity index (χ3n) is 6.19. The van der Waals surface area contributed by atoms with Crippen molar-refractivity contribution in [2.45, 2.75) is 65.6 Å². The SMILES string of the molecule is CCCOc1ccc(C2C(C(=O)Nc3ccc(C)cc3C)=C(C)Nc3nc(SCCC)nn32)cc1OCC. The lowest BCUT2D eigenvalue weighted by Gasteiger charge is -2.29. The molecule has 4 rings (SSSR count). The van der Waals surface area contributed by atoms with Crippen molar-refractivity contribution in [3.8, 4) is 11.5 Å². The maximum Gasteiger partial charge on any atom is 0.255 e. The van der Waals surface area contributed by atoms with Crippen LogP contribution >= 0.6 is 11.8 Å². The number of ether oxygens (including phenoxy) is 2. The number of thioether (sulfide) groups is 1. The average molecular weight is 536 g/mol. The van der Waals surface area contributed by atoms with Crippen LogP contribution in [0.3, 0.4) is 0 Å². The van der Waals surface area contributed by atoms with E-state index in [1.807, 2.05) is 58.0 Å². The maximum atomic E-state index is 13.9. The molecule has 0 bridgehead atoms. The molecule has 0 saturated carbocycles. The number of carbonyl (C=O) groups excluding carboxylic acids is 1. The van der Waals surface area contributed by atoms with E-state index in [0.29, 0.717) is 41.4 Å². The van der Waals surface area contributed by atoms with E-state index in [0.717, 1.165) is 46.7 Å². The first kappa shape index (κ1) is 27.6. The molecule has 1 amide bonds. The van der Waals surface area contributed by atoms with Crippen LogP contribution in [0.15, 0.2) is 52.8 Å². The molecule has 1 unspecified atom stereocenters. The number of anilines is 2. The van der Waals surface area contributed by atoms with E-state index in [4.69, 9.17) is 19.6 Å². The lowest BCUT2D eigenvalue weighted by Crippen LogP contribution is -2.31. The van der Waals surface area contributed by atoms with Crippen molar-refractivity contribution in [3.63, 3.8) is 0 Å². The summed E-state index contributed by atoms with van der Waals surface area (Å²) in [5, 5.41) is 11.9. The highest BCUT2D eigenvalue weighted by atomic mass is 32.2. The second kappa shape index (κ2) is 12.4. The Morgan fingerprint density at radius 3 is 2.58 bits per heavy atom. The molecule has 202 valence electrons. The number of carbonyl (C=O) groups is 1. The van der Waals surface area contributed by atoms with Crippen LogP contribution in [0.4, 0.5) is 11.6 Å². The lowest BCUT2D eigenvalue weighted by atomic mass is 9.94. The molecule has 0 saturated heterocycles. The highest BCUT2D eigenvalue weighted by Crippen LogP contribution is 2.40. The lowest BCUT2D eigenvalue weighted by molar-refractivity contribution is -0.113. The van der Waals surface area contributed by atoms with E-state index >= 15 is 0 Å². The first-order chi connectivity index (χ1) is 18.4. The quantitative estimate of drug-likeness (QED) is 0.270. The van der Waals surface area contributed by atoms with Crippen LogP contribution in [0.5, 0.6) is 11.5 Å². The number of amides is 1. The van der Waals surface area contributed by atoms with Crippen LogP contribution in [-0.2, 0) is 4.79 Å². The normalized spacial score (nSPS) is 14.6. The molecule has 2 N–H and O–H groups in total. The Hall–Kier alpha value is -3.46. The van der Waals surface area contributed by atoms with Gasteiger partial charge in [-0.15, -0.1) is 5.10 Å². The monoisotopic (exact) mass is 535 g/mol. The van der Waals surface area contributed by atoms with Crippen LogP contribution in [0.25, 0.3) is 0 Å². The number of hydrogen-bond donors (Lipinski definition) is 2. The Bertz CT molecular complexity index is 1330. The molecule has 1 aromatic heterocycles. The molecule has 38 heavy (non-hydrogen) atoms. The zero-order chi connectivity index (χ0) is 27.2. The zero-order valence-electron chi connectivity index (χ0n) is 23.1. The van der Waals surface area contributed by atoms with Crippen molar-refractivity contribution in [2.24, 2.45) is 0 Å². The number of nitrogens with one attached hydrogen (secondary N) is 2. The summed E-state index contributed by atoms with van der Waals surface area (Å²) >= 11 is 1.60. The van der Waals surface area contributed by atoms with Gasteiger partial charge in [0.2, 0.25) is 11.1 Å². The van der Waals surface area contributed by atoms with Crippen LogP contribution in [0.2, 0.25) is 0 Å². The number of aryl methyl sites for hydroxylation is 2. The Morgan fingerprint density at radius 2 is 1.87 bits per heavy atom. The predicted octanol–water partition coefficient (Wildman–Crippen LogP) is 6.51. The van der Waals surface area contributed by atoms with Crippen LogP contribution < -0.4 is 20.1 Å². The van der Waals surface area contributed by atoms with E-state index in [9.17, 15) is 4.79 Å². The highest BCUT2D eigenvalue weighted by molar-refractivity contribution is 7.99. The number of aromatic nitrogens is 3. The van der Waals surface area contributed by atoms with Gasteiger partial charge in [-0.2, -0.15) is 4.98 Å². The third kappa shape index (κ3) is 5.99. The first-order valence-corrected chi connectivity index (χ1v) is 14.2. The minimum Gasteiger partial charge on any atom is -0.490 e. The number of fused-ring (bicyclic) bond motifs is 1. The van der Waals surface area contributed by atoms with E-state index in [1.165, 1.54) is 0 Å². The van der Waals surface area contributed by atoms with Crippen LogP contribution in [-0.4, -0.2) is 39.6 Å². The Balaban J connectivity index is 1.79. The molecule has 0 radical (unpaired) electrons. The molecule has 1 aliphatic rings. The van der Waals surface area contributed by atoms with Crippen molar-refractivity contribution in [3.05, 3.63) is 64.4 Å². The number of hydrogen-bond acceptors (Lipinski definition) is 7. The molecule has 0 fully saturated rings.